The molecule has 2 rings (SSSR count). The highest BCUT2D eigenvalue weighted by atomic mass is 16.7. The number of amides is 2. The predicted octanol–water partition coefficient (Wildman–Crippen LogP) is -4.46. The largest absolute Gasteiger partial charge is 0.394 e. The van der Waals surface area contributed by atoms with Crippen LogP contribution in [0.5, 0.6) is 0 Å². The molecule has 0 bridgehead atoms. The van der Waals surface area contributed by atoms with Crippen molar-refractivity contribution in [3.63, 3.8) is 0 Å². The average Bonchev–Trinajstić information content (AvgIpc) is 2.67. The molecule has 0 saturated carbocycles. The summed E-state index contributed by atoms with van der Waals surface area (Å²) in [6.45, 7) is 1.61. The van der Waals surface area contributed by atoms with Gasteiger partial charge < -0.3 is 55.1 Å². The molecule has 7 N–H and O–H groups in total. The quantitative estimate of drug-likeness (QED) is 0.202. The van der Waals surface area contributed by atoms with Crippen LogP contribution in [0.1, 0.15) is 13.8 Å². The van der Waals surface area contributed by atoms with Crippen molar-refractivity contribution < 1.29 is 54.1 Å². The highest BCUT2D eigenvalue weighted by Gasteiger charge is 2.51. The first kappa shape index (κ1) is 24.8. The maximum absolute atomic E-state index is 11.6. The van der Waals surface area contributed by atoms with Crippen molar-refractivity contribution in [1.29, 1.82) is 0 Å². The normalized spacial score (nSPS) is 41.9. The van der Waals surface area contributed by atoms with E-state index in [1.54, 1.807) is 0 Å². The summed E-state index contributed by atoms with van der Waals surface area (Å²) in [5.74, 6) is -1.09. The van der Waals surface area contributed by atoms with Gasteiger partial charge in [-0.3, -0.25) is 9.59 Å². The Morgan fingerprint density at radius 3 is 2.03 bits per heavy atom. The molecule has 13 nitrogen and oxygen atoms in total. The second-order valence-electron chi connectivity index (χ2n) is 7.27. The zero-order valence-corrected chi connectivity index (χ0v) is 16.9. The molecule has 0 spiro atoms. The minimum absolute atomic E-state index is 0.106. The number of aliphatic hydroxyl groups excluding tert-OH is 5. The third-order valence-electron chi connectivity index (χ3n) is 4.94. The summed E-state index contributed by atoms with van der Waals surface area (Å²) >= 11 is 0. The fourth-order valence-corrected chi connectivity index (χ4v) is 3.53. The Morgan fingerprint density at radius 1 is 0.900 bits per heavy atom. The Labute approximate surface area is 172 Å². The Hall–Kier alpha value is -1.42. The second kappa shape index (κ2) is 10.7. The predicted molar refractivity (Wildman–Crippen MR) is 96.6 cm³/mol. The van der Waals surface area contributed by atoms with E-state index in [1.807, 2.05) is 0 Å². The van der Waals surface area contributed by atoms with Gasteiger partial charge >= 0.3 is 0 Å². The highest BCUT2D eigenvalue weighted by Crippen LogP contribution is 2.29. The van der Waals surface area contributed by atoms with Crippen LogP contribution >= 0.6 is 0 Å². The van der Waals surface area contributed by atoms with E-state index in [2.05, 4.69) is 10.6 Å². The first-order valence-corrected chi connectivity index (χ1v) is 9.43. The van der Waals surface area contributed by atoms with E-state index in [4.69, 9.17) is 18.9 Å². The SMILES string of the molecule is COC[C@H]1O[C@@H](O[C@H]2[C@@H](O)[C@@H](NC(C)=O)[C@H](O)O[C@@H]2CO)[C@H](NC(C)=O)[C@H](O)[C@@H]1O. The summed E-state index contributed by atoms with van der Waals surface area (Å²) < 4.78 is 21.6. The van der Waals surface area contributed by atoms with Crippen LogP contribution in [-0.4, -0.2) is 119 Å². The topological polar surface area (TPSA) is 196 Å². The van der Waals surface area contributed by atoms with Crippen LogP contribution in [0.3, 0.4) is 0 Å². The number of ether oxygens (including phenoxy) is 4. The molecule has 0 aliphatic carbocycles. The fraction of sp³-hybridized carbons (Fsp3) is 0.882. The van der Waals surface area contributed by atoms with Gasteiger partial charge in [0.2, 0.25) is 11.8 Å². The first-order chi connectivity index (χ1) is 14.1. The molecule has 174 valence electrons. The van der Waals surface area contributed by atoms with Gasteiger partial charge in [0.1, 0.15) is 48.7 Å². The molecule has 2 heterocycles. The molecular formula is C17H30N2O11. The maximum atomic E-state index is 11.6. The van der Waals surface area contributed by atoms with Crippen molar-refractivity contribution in [3.05, 3.63) is 0 Å². The standard InChI is InChI=1S/C17H30N2O11/c1-6(21)18-10-14(25)15(8(4-20)28-16(10)26)30-17-11(19-7(2)22)13(24)12(23)9(29-17)5-27-3/h8-17,20,23-26H,4-5H2,1-3H3,(H,18,21)(H,19,22)/t8-,9-,10-,11-,12-,13+,14+,15-,16-,17+/m1/s1. The third kappa shape index (κ3) is 5.63. The molecule has 0 radical (unpaired) electrons. The third-order valence-corrected chi connectivity index (χ3v) is 4.94. The summed E-state index contributed by atoms with van der Waals surface area (Å²) in [5, 5.41) is 55.8. The van der Waals surface area contributed by atoms with Crippen LogP contribution in [0.25, 0.3) is 0 Å². The van der Waals surface area contributed by atoms with Gasteiger partial charge in [-0.1, -0.05) is 0 Å². The number of carbonyl (C=O) groups excluding carboxylic acids is 2. The van der Waals surface area contributed by atoms with E-state index < -0.39 is 79.7 Å². The number of nitrogens with one attached hydrogen (secondary N) is 2. The van der Waals surface area contributed by atoms with E-state index in [0.717, 1.165) is 0 Å². The number of methoxy groups -OCH3 is 1. The Morgan fingerprint density at radius 2 is 1.50 bits per heavy atom. The zero-order valence-electron chi connectivity index (χ0n) is 16.9. The van der Waals surface area contributed by atoms with Crippen molar-refractivity contribution in [3.8, 4) is 0 Å². The van der Waals surface area contributed by atoms with Gasteiger partial charge in [-0.25, -0.2) is 0 Å². The number of carbonyl (C=O) groups is 2. The smallest absolute Gasteiger partial charge is 0.217 e. The molecule has 2 amide bonds. The van der Waals surface area contributed by atoms with Gasteiger partial charge in [0.25, 0.3) is 0 Å². The number of hydrogen-bond acceptors (Lipinski definition) is 11. The van der Waals surface area contributed by atoms with Crippen molar-refractivity contribution in [1.82, 2.24) is 10.6 Å². The van der Waals surface area contributed by atoms with Gasteiger partial charge in [-0.2, -0.15) is 0 Å². The average molecular weight is 438 g/mol. The van der Waals surface area contributed by atoms with E-state index >= 15 is 0 Å². The molecule has 13 heteroatoms. The second-order valence-corrected chi connectivity index (χ2v) is 7.27. The number of rotatable bonds is 7. The molecule has 0 aromatic carbocycles. The van der Waals surface area contributed by atoms with E-state index in [1.165, 1.54) is 21.0 Å². The first-order valence-electron chi connectivity index (χ1n) is 9.43. The molecule has 2 saturated heterocycles. The van der Waals surface area contributed by atoms with Gasteiger partial charge in [0.15, 0.2) is 12.6 Å². The minimum atomic E-state index is -1.62. The zero-order chi connectivity index (χ0) is 22.6. The number of aliphatic hydroxyl groups is 5. The van der Waals surface area contributed by atoms with Gasteiger partial charge in [-0.05, 0) is 0 Å². The molecule has 2 aliphatic heterocycles. The lowest BCUT2D eigenvalue weighted by Gasteiger charge is -2.47. The molecule has 0 aromatic rings. The molecule has 10 atom stereocenters. The molecule has 0 unspecified atom stereocenters. The summed E-state index contributed by atoms with van der Waals surface area (Å²) in [5.41, 5.74) is 0. The Kier molecular flexibility index (Phi) is 8.90. The van der Waals surface area contributed by atoms with Crippen LogP contribution < -0.4 is 10.6 Å². The highest BCUT2D eigenvalue weighted by molar-refractivity contribution is 5.73. The lowest BCUT2D eigenvalue weighted by Crippen LogP contribution is -2.69. The van der Waals surface area contributed by atoms with Gasteiger partial charge in [0, 0.05) is 21.0 Å². The number of hydrogen-bond donors (Lipinski definition) is 7. The molecule has 2 aliphatic rings. The molecule has 2 fully saturated rings. The molecule has 0 aromatic heterocycles. The van der Waals surface area contributed by atoms with Gasteiger partial charge in [0.05, 0.1) is 13.2 Å². The Bertz CT molecular complexity index is 594. The summed E-state index contributed by atoms with van der Waals surface area (Å²) in [4.78, 5) is 23.0. The summed E-state index contributed by atoms with van der Waals surface area (Å²) in [7, 11) is 1.36. The van der Waals surface area contributed by atoms with Crippen molar-refractivity contribution in [2.24, 2.45) is 0 Å². The Balaban J connectivity index is 2.27. The van der Waals surface area contributed by atoms with Crippen LogP contribution in [0.15, 0.2) is 0 Å². The van der Waals surface area contributed by atoms with E-state index in [-0.39, 0.29) is 6.61 Å². The minimum Gasteiger partial charge on any atom is -0.394 e. The van der Waals surface area contributed by atoms with Crippen molar-refractivity contribution in [2.45, 2.75) is 75.1 Å². The molecule has 30 heavy (non-hydrogen) atoms. The fourth-order valence-electron chi connectivity index (χ4n) is 3.53. The van der Waals surface area contributed by atoms with E-state index in [9.17, 15) is 35.1 Å². The maximum Gasteiger partial charge on any atom is 0.217 e. The van der Waals surface area contributed by atoms with Crippen molar-refractivity contribution in [2.75, 3.05) is 20.3 Å². The van der Waals surface area contributed by atoms with Crippen LogP contribution in [-0.2, 0) is 28.5 Å². The van der Waals surface area contributed by atoms with Crippen LogP contribution in [0.2, 0.25) is 0 Å². The lowest BCUT2D eigenvalue weighted by molar-refractivity contribution is -0.328. The summed E-state index contributed by atoms with van der Waals surface area (Å²) in [6.07, 6.45) is -11.0. The molecular weight excluding hydrogens is 408 g/mol. The summed E-state index contributed by atoms with van der Waals surface area (Å²) in [6, 6.07) is -2.51. The lowest BCUT2D eigenvalue weighted by atomic mass is 9.94. The monoisotopic (exact) mass is 438 g/mol. The van der Waals surface area contributed by atoms with E-state index in [0.29, 0.717) is 0 Å². The van der Waals surface area contributed by atoms with Gasteiger partial charge in [-0.15, -0.1) is 0 Å². The van der Waals surface area contributed by atoms with Crippen LogP contribution in [0.4, 0.5) is 0 Å². The van der Waals surface area contributed by atoms with Crippen LogP contribution in [0, 0.1) is 0 Å². The van der Waals surface area contributed by atoms with Crippen molar-refractivity contribution >= 4 is 11.8 Å².